The van der Waals surface area contributed by atoms with Gasteiger partial charge in [0.2, 0.25) is 5.91 Å². The molecule has 0 aromatic carbocycles. The highest BCUT2D eigenvalue weighted by Gasteiger charge is 2.13. The average Bonchev–Trinajstić information content (AvgIpc) is 2.66. The molecule has 0 spiro atoms. The maximum Gasteiger partial charge on any atom is 0.358 e. The standard InChI is InChI=1S/C10H15N3O4/c1-3-11-9(14)6-13(2)5-7-4-8(10(15)16)12-17-7/h4H,3,5-6H2,1-2H3,(H,11,14)(H,15,16). The van der Waals surface area contributed by atoms with Gasteiger partial charge in [0, 0.05) is 12.6 Å². The molecule has 1 amide bonds. The second-order valence-electron chi connectivity index (χ2n) is 3.61. The first-order valence-corrected chi connectivity index (χ1v) is 5.17. The first-order chi connectivity index (χ1) is 8.02. The van der Waals surface area contributed by atoms with Crippen molar-refractivity contribution in [2.24, 2.45) is 0 Å². The molecule has 0 unspecified atom stereocenters. The summed E-state index contributed by atoms with van der Waals surface area (Å²) in [5.74, 6) is -0.812. The first-order valence-electron chi connectivity index (χ1n) is 5.17. The van der Waals surface area contributed by atoms with Crippen LogP contribution < -0.4 is 5.32 Å². The molecule has 0 fully saturated rings. The lowest BCUT2D eigenvalue weighted by Crippen LogP contribution is -2.34. The van der Waals surface area contributed by atoms with Gasteiger partial charge in [-0.15, -0.1) is 0 Å². The van der Waals surface area contributed by atoms with Crippen LogP contribution in [0.3, 0.4) is 0 Å². The van der Waals surface area contributed by atoms with E-state index in [1.165, 1.54) is 6.07 Å². The molecule has 7 heteroatoms. The van der Waals surface area contributed by atoms with Crippen LogP contribution in [0.2, 0.25) is 0 Å². The second kappa shape index (κ2) is 6.00. The smallest absolute Gasteiger partial charge is 0.358 e. The summed E-state index contributed by atoms with van der Waals surface area (Å²) in [6.45, 7) is 2.97. The fraction of sp³-hybridized carbons (Fsp3) is 0.500. The fourth-order valence-corrected chi connectivity index (χ4v) is 1.31. The Morgan fingerprint density at radius 1 is 1.59 bits per heavy atom. The molecule has 0 aliphatic heterocycles. The van der Waals surface area contributed by atoms with Crippen LogP contribution in [0.4, 0.5) is 0 Å². The third kappa shape index (κ3) is 4.23. The number of hydrogen-bond donors (Lipinski definition) is 2. The Morgan fingerprint density at radius 2 is 2.29 bits per heavy atom. The number of carbonyl (C=O) groups excluding carboxylic acids is 1. The molecule has 7 nitrogen and oxygen atoms in total. The Hall–Kier alpha value is -1.89. The summed E-state index contributed by atoms with van der Waals surface area (Å²) in [6.07, 6.45) is 0. The lowest BCUT2D eigenvalue weighted by atomic mass is 10.3. The van der Waals surface area contributed by atoms with E-state index in [1.807, 2.05) is 6.92 Å². The summed E-state index contributed by atoms with van der Waals surface area (Å²) in [5.41, 5.74) is -0.133. The van der Waals surface area contributed by atoms with Crippen LogP contribution in [0.1, 0.15) is 23.2 Å². The maximum atomic E-state index is 11.3. The number of aromatic carboxylic acids is 1. The summed E-state index contributed by atoms with van der Waals surface area (Å²) < 4.78 is 4.83. The summed E-state index contributed by atoms with van der Waals surface area (Å²) in [7, 11) is 1.73. The van der Waals surface area contributed by atoms with Crippen LogP contribution in [-0.4, -0.2) is 47.2 Å². The van der Waals surface area contributed by atoms with Crippen molar-refractivity contribution in [3.8, 4) is 0 Å². The number of aromatic nitrogens is 1. The molecular formula is C10H15N3O4. The Kier molecular flexibility index (Phi) is 4.65. The minimum absolute atomic E-state index is 0.0898. The monoisotopic (exact) mass is 241 g/mol. The van der Waals surface area contributed by atoms with Gasteiger partial charge in [-0.1, -0.05) is 5.16 Å². The largest absolute Gasteiger partial charge is 0.476 e. The average molecular weight is 241 g/mol. The molecule has 0 bridgehead atoms. The summed E-state index contributed by atoms with van der Waals surface area (Å²) in [6, 6.07) is 1.34. The van der Waals surface area contributed by atoms with E-state index in [0.717, 1.165) is 0 Å². The molecule has 1 rings (SSSR count). The SMILES string of the molecule is CCNC(=O)CN(C)Cc1cc(C(=O)O)no1. The van der Waals surface area contributed by atoms with Gasteiger partial charge in [0.25, 0.3) is 0 Å². The highest BCUT2D eigenvalue weighted by molar-refractivity contribution is 5.85. The Bertz CT molecular complexity index is 402. The summed E-state index contributed by atoms with van der Waals surface area (Å²) in [5, 5.41) is 14.7. The van der Waals surface area contributed by atoms with E-state index in [4.69, 9.17) is 9.63 Å². The van der Waals surface area contributed by atoms with Gasteiger partial charge in [-0.3, -0.25) is 9.69 Å². The zero-order valence-electron chi connectivity index (χ0n) is 9.77. The maximum absolute atomic E-state index is 11.3. The number of rotatable bonds is 6. The Labute approximate surface area is 98.4 Å². The van der Waals surface area contributed by atoms with Crippen molar-refractivity contribution in [3.05, 3.63) is 17.5 Å². The molecule has 0 aliphatic rings. The first kappa shape index (κ1) is 13.2. The highest BCUT2D eigenvalue weighted by Crippen LogP contribution is 2.06. The summed E-state index contributed by atoms with van der Waals surface area (Å²) >= 11 is 0. The van der Waals surface area contributed by atoms with Gasteiger partial charge in [-0.2, -0.15) is 0 Å². The van der Waals surface area contributed by atoms with Gasteiger partial charge in [0.1, 0.15) is 0 Å². The van der Waals surface area contributed by atoms with Crippen LogP contribution in [0.15, 0.2) is 10.6 Å². The van der Waals surface area contributed by atoms with Gasteiger partial charge < -0.3 is 14.9 Å². The lowest BCUT2D eigenvalue weighted by Gasteiger charge is -2.13. The molecule has 1 aromatic rings. The van der Waals surface area contributed by atoms with E-state index in [1.54, 1.807) is 11.9 Å². The molecule has 0 saturated heterocycles. The van der Waals surface area contributed by atoms with Crippen molar-refractivity contribution < 1.29 is 19.2 Å². The molecule has 0 saturated carbocycles. The molecule has 94 valence electrons. The quantitative estimate of drug-likeness (QED) is 0.724. The van der Waals surface area contributed by atoms with Gasteiger partial charge >= 0.3 is 5.97 Å². The van der Waals surface area contributed by atoms with Crippen molar-refractivity contribution in [2.75, 3.05) is 20.1 Å². The fourth-order valence-electron chi connectivity index (χ4n) is 1.31. The Morgan fingerprint density at radius 3 is 2.82 bits per heavy atom. The molecule has 0 radical (unpaired) electrons. The topological polar surface area (TPSA) is 95.7 Å². The van der Waals surface area contributed by atoms with Crippen molar-refractivity contribution in [3.63, 3.8) is 0 Å². The van der Waals surface area contributed by atoms with Crippen LogP contribution >= 0.6 is 0 Å². The van der Waals surface area contributed by atoms with Gasteiger partial charge in [-0.05, 0) is 14.0 Å². The minimum atomic E-state index is -1.13. The molecule has 0 aliphatic carbocycles. The third-order valence-electron chi connectivity index (χ3n) is 1.99. The number of amides is 1. The normalized spacial score (nSPS) is 10.5. The van der Waals surface area contributed by atoms with Crippen LogP contribution in [-0.2, 0) is 11.3 Å². The van der Waals surface area contributed by atoms with Crippen LogP contribution in [0.5, 0.6) is 0 Å². The Balaban J connectivity index is 2.47. The molecule has 1 aromatic heterocycles. The number of carbonyl (C=O) groups is 2. The van der Waals surface area contributed by atoms with E-state index in [-0.39, 0.29) is 18.1 Å². The molecule has 17 heavy (non-hydrogen) atoms. The third-order valence-corrected chi connectivity index (χ3v) is 1.99. The second-order valence-corrected chi connectivity index (χ2v) is 3.61. The van der Waals surface area contributed by atoms with E-state index in [0.29, 0.717) is 18.8 Å². The molecular weight excluding hydrogens is 226 g/mol. The van der Waals surface area contributed by atoms with Crippen molar-refractivity contribution in [1.82, 2.24) is 15.4 Å². The van der Waals surface area contributed by atoms with Crippen molar-refractivity contribution in [1.29, 1.82) is 0 Å². The predicted octanol–water partition coefficient (Wildman–Crippen LogP) is -0.0593. The zero-order chi connectivity index (χ0) is 12.8. The highest BCUT2D eigenvalue weighted by atomic mass is 16.5. The van der Waals surface area contributed by atoms with Gasteiger partial charge in [0.15, 0.2) is 11.5 Å². The van der Waals surface area contributed by atoms with Gasteiger partial charge in [0.05, 0.1) is 13.1 Å². The van der Waals surface area contributed by atoms with Crippen molar-refractivity contribution >= 4 is 11.9 Å². The minimum Gasteiger partial charge on any atom is -0.476 e. The number of hydrogen-bond acceptors (Lipinski definition) is 5. The molecule has 2 N–H and O–H groups in total. The van der Waals surface area contributed by atoms with E-state index >= 15 is 0 Å². The van der Waals surface area contributed by atoms with Crippen LogP contribution in [0, 0.1) is 0 Å². The lowest BCUT2D eigenvalue weighted by molar-refractivity contribution is -0.122. The number of nitrogens with zero attached hydrogens (tertiary/aromatic N) is 2. The van der Waals surface area contributed by atoms with Crippen LogP contribution in [0.25, 0.3) is 0 Å². The number of nitrogens with one attached hydrogen (secondary N) is 1. The van der Waals surface area contributed by atoms with E-state index in [9.17, 15) is 9.59 Å². The number of carboxylic acids is 1. The van der Waals surface area contributed by atoms with E-state index < -0.39 is 5.97 Å². The molecule has 0 atom stereocenters. The van der Waals surface area contributed by atoms with E-state index in [2.05, 4.69) is 10.5 Å². The van der Waals surface area contributed by atoms with Crippen molar-refractivity contribution in [2.45, 2.75) is 13.5 Å². The predicted molar refractivity (Wildman–Crippen MR) is 58.5 cm³/mol. The number of carboxylic acid groups (broad SMARTS) is 1. The zero-order valence-corrected chi connectivity index (χ0v) is 9.77. The molecule has 1 heterocycles. The summed E-state index contributed by atoms with van der Waals surface area (Å²) in [4.78, 5) is 23.5. The number of likely N-dealkylation sites (N-methyl/N-ethyl adjacent to an activating group) is 2. The van der Waals surface area contributed by atoms with Gasteiger partial charge in [-0.25, -0.2) is 4.79 Å².